The monoisotopic (exact) mass is 296 g/mol. The molecule has 1 atom stereocenters. The van der Waals surface area contributed by atoms with Crippen molar-refractivity contribution in [3.63, 3.8) is 0 Å². The molecule has 2 aliphatic heterocycles. The van der Waals surface area contributed by atoms with Gasteiger partial charge in [-0.2, -0.15) is 0 Å². The third-order valence-electron chi connectivity index (χ3n) is 4.70. The third-order valence-corrected chi connectivity index (χ3v) is 4.70. The van der Waals surface area contributed by atoms with Gasteiger partial charge in [-0.05, 0) is 20.8 Å². The Morgan fingerprint density at radius 1 is 1.00 bits per heavy atom. The smallest absolute Gasteiger partial charge is 0.191 e. The summed E-state index contributed by atoms with van der Waals surface area (Å²) in [6, 6.07) is 1.10. The van der Waals surface area contributed by atoms with E-state index in [1.54, 1.807) is 0 Å². The summed E-state index contributed by atoms with van der Waals surface area (Å²) in [6.45, 7) is 16.1. The van der Waals surface area contributed by atoms with Gasteiger partial charge in [0.1, 0.15) is 0 Å². The van der Waals surface area contributed by atoms with Crippen LogP contribution in [0.2, 0.25) is 0 Å². The largest absolute Gasteiger partial charge is 0.355 e. The van der Waals surface area contributed by atoms with Gasteiger partial charge in [0.05, 0.1) is 0 Å². The van der Waals surface area contributed by atoms with E-state index < -0.39 is 0 Å². The number of piperazine rings is 2. The average Bonchev–Trinajstić information content (AvgIpc) is 2.53. The molecule has 0 amide bonds. The molecule has 2 heterocycles. The van der Waals surface area contributed by atoms with Crippen LogP contribution < -0.4 is 10.6 Å². The van der Waals surface area contributed by atoms with Gasteiger partial charge in [-0.3, -0.25) is 15.2 Å². The lowest BCUT2D eigenvalue weighted by molar-refractivity contribution is 0.144. The summed E-state index contributed by atoms with van der Waals surface area (Å²) in [7, 11) is 0. The second kappa shape index (κ2) is 7.96. The Morgan fingerprint density at radius 2 is 1.62 bits per heavy atom. The van der Waals surface area contributed by atoms with Gasteiger partial charge < -0.3 is 15.5 Å². The maximum absolute atomic E-state index is 8.23. The normalized spacial score (nSPS) is 23.3. The van der Waals surface area contributed by atoms with Crippen molar-refractivity contribution in [1.29, 1.82) is 5.41 Å². The minimum absolute atomic E-state index is 0.490. The molecular weight excluding hydrogens is 264 g/mol. The van der Waals surface area contributed by atoms with Crippen molar-refractivity contribution in [2.45, 2.75) is 32.9 Å². The number of guanidine groups is 1. The van der Waals surface area contributed by atoms with Crippen LogP contribution in [-0.2, 0) is 0 Å². The molecule has 2 rings (SSSR count). The van der Waals surface area contributed by atoms with Crippen molar-refractivity contribution >= 4 is 5.96 Å². The van der Waals surface area contributed by atoms with Crippen LogP contribution >= 0.6 is 0 Å². The number of hydrogen-bond acceptors (Lipinski definition) is 4. The lowest BCUT2D eigenvalue weighted by Crippen LogP contribution is -2.56. The molecule has 3 N–H and O–H groups in total. The van der Waals surface area contributed by atoms with Crippen LogP contribution in [0.4, 0.5) is 0 Å². The Morgan fingerprint density at radius 3 is 2.19 bits per heavy atom. The molecule has 6 heteroatoms. The van der Waals surface area contributed by atoms with E-state index >= 15 is 0 Å². The molecule has 2 fully saturated rings. The van der Waals surface area contributed by atoms with Gasteiger partial charge in [0.2, 0.25) is 0 Å². The highest BCUT2D eigenvalue weighted by atomic mass is 15.3. The summed E-state index contributed by atoms with van der Waals surface area (Å²) in [5.74, 6) is 0.598. The molecule has 2 saturated heterocycles. The molecule has 0 aromatic carbocycles. The topological polar surface area (TPSA) is 57.6 Å². The highest BCUT2D eigenvalue weighted by Crippen LogP contribution is 2.06. The molecule has 6 nitrogen and oxygen atoms in total. The predicted octanol–water partition coefficient (Wildman–Crippen LogP) is -0.170. The van der Waals surface area contributed by atoms with E-state index in [1.165, 1.54) is 0 Å². The van der Waals surface area contributed by atoms with Crippen molar-refractivity contribution in [1.82, 2.24) is 25.3 Å². The predicted molar refractivity (Wildman–Crippen MR) is 87.9 cm³/mol. The SMILES string of the molecule is CC(C)N1CCN(C(=N)NCC(C)N2CCNCC2)CC1. The van der Waals surface area contributed by atoms with Crippen molar-refractivity contribution in [2.24, 2.45) is 0 Å². The maximum Gasteiger partial charge on any atom is 0.191 e. The molecule has 0 aromatic heterocycles. The quantitative estimate of drug-likeness (QED) is 0.497. The number of nitrogens with zero attached hydrogens (tertiary/aromatic N) is 3. The van der Waals surface area contributed by atoms with Crippen LogP contribution in [0.15, 0.2) is 0 Å². The zero-order valence-electron chi connectivity index (χ0n) is 13.9. The van der Waals surface area contributed by atoms with Gasteiger partial charge in [-0.1, -0.05) is 0 Å². The van der Waals surface area contributed by atoms with Gasteiger partial charge in [0.25, 0.3) is 0 Å². The summed E-state index contributed by atoms with van der Waals surface area (Å²) in [6.07, 6.45) is 0. The van der Waals surface area contributed by atoms with Gasteiger partial charge in [-0.15, -0.1) is 0 Å². The fraction of sp³-hybridized carbons (Fsp3) is 0.933. The van der Waals surface area contributed by atoms with Crippen LogP contribution in [0.25, 0.3) is 0 Å². The Balaban J connectivity index is 1.67. The molecule has 122 valence electrons. The van der Waals surface area contributed by atoms with E-state index in [4.69, 9.17) is 5.41 Å². The Bertz CT molecular complexity index is 318. The third kappa shape index (κ3) is 4.83. The Labute approximate surface area is 129 Å². The second-order valence-electron chi connectivity index (χ2n) is 6.48. The van der Waals surface area contributed by atoms with E-state index in [-0.39, 0.29) is 0 Å². The van der Waals surface area contributed by atoms with Crippen molar-refractivity contribution < 1.29 is 0 Å². The van der Waals surface area contributed by atoms with Gasteiger partial charge in [0.15, 0.2) is 5.96 Å². The van der Waals surface area contributed by atoms with Crippen LogP contribution in [-0.4, -0.2) is 91.6 Å². The summed E-state index contributed by atoms with van der Waals surface area (Å²) in [4.78, 5) is 7.14. The molecule has 1 unspecified atom stereocenters. The van der Waals surface area contributed by atoms with E-state index in [1.807, 2.05) is 0 Å². The molecule has 2 aliphatic rings. The Hall–Kier alpha value is -0.850. The van der Waals surface area contributed by atoms with E-state index in [0.717, 1.165) is 58.9 Å². The fourth-order valence-electron chi connectivity index (χ4n) is 3.07. The van der Waals surface area contributed by atoms with E-state index in [9.17, 15) is 0 Å². The van der Waals surface area contributed by atoms with E-state index in [2.05, 4.69) is 46.1 Å². The molecule has 0 radical (unpaired) electrons. The van der Waals surface area contributed by atoms with Crippen molar-refractivity contribution in [2.75, 3.05) is 58.9 Å². The summed E-state index contributed by atoms with van der Waals surface area (Å²) in [5, 5.41) is 14.9. The van der Waals surface area contributed by atoms with Crippen molar-refractivity contribution in [3.8, 4) is 0 Å². The molecule has 21 heavy (non-hydrogen) atoms. The zero-order valence-corrected chi connectivity index (χ0v) is 13.9. The van der Waals surface area contributed by atoms with Gasteiger partial charge >= 0.3 is 0 Å². The van der Waals surface area contributed by atoms with Gasteiger partial charge in [-0.25, -0.2) is 0 Å². The molecule has 0 spiro atoms. The highest BCUT2D eigenvalue weighted by Gasteiger charge is 2.21. The minimum Gasteiger partial charge on any atom is -0.355 e. The first-order valence-corrected chi connectivity index (χ1v) is 8.34. The molecule has 0 aromatic rings. The number of hydrogen-bond donors (Lipinski definition) is 3. The highest BCUT2D eigenvalue weighted by molar-refractivity contribution is 5.76. The molecular formula is C15H32N6. The summed E-state index contributed by atoms with van der Waals surface area (Å²) >= 11 is 0. The molecule has 0 saturated carbocycles. The lowest BCUT2D eigenvalue weighted by atomic mass is 10.2. The Kier molecular flexibility index (Phi) is 6.26. The summed E-state index contributed by atoms with van der Waals surface area (Å²) in [5.41, 5.74) is 0. The second-order valence-corrected chi connectivity index (χ2v) is 6.48. The minimum atomic E-state index is 0.490. The molecule has 0 bridgehead atoms. The summed E-state index contributed by atoms with van der Waals surface area (Å²) < 4.78 is 0. The first-order valence-electron chi connectivity index (χ1n) is 8.34. The standard InChI is InChI=1S/C15H32N6/c1-13(2)19-8-10-21(11-9-19)15(16)18-12-14(3)20-6-4-17-5-7-20/h13-14,17H,4-12H2,1-3H3,(H2,16,18). The van der Waals surface area contributed by atoms with Crippen LogP contribution in [0.5, 0.6) is 0 Å². The van der Waals surface area contributed by atoms with Crippen LogP contribution in [0, 0.1) is 5.41 Å². The maximum atomic E-state index is 8.23. The van der Waals surface area contributed by atoms with Crippen LogP contribution in [0.1, 0.15) is 20.8 Å². The number of rotatable bonds is 4. The first-order chi connectivity index (χ1) is 10.1. The number of nitrogens with one attached hydrogen (secondary N) is 3. The average molecular weight is 296 g/mol. The van der Waals surface area contributed by atoms with Crippen LogP contribution in [0.3, 0.4) is 0 Å². The van der Waals surface area contributed by atoms with E-state index in [0.29, 0.717) is 18.0 Å². The van der Waals surface area contributed by atoms with Crippen molar-refractivity contribution in [3.05, 3.63) is 0 Å². The zero-order chi connectivity index (χ0) is 15.2. The van der Waals surface area contributed by atoms with Gasteiger partial charge in [0, 0.05) is 71.0 Å². The molecule has 0 aliphatic carbocycles. The lowest BCUT2D eigenvalue weighted by Gasteiger charge is -2.38. The fourth-order valence-corrected chi connectivity index (χ4v) is 3.07. The first kappa shape index (κ1) is 16.5.